The number of aromatic nitrogens is 4. The maximum absolute atomic E-state index is 13.1. The first-order valence-electron chi connectivity index (χ1n) is 9.04. The molecule has 1 aliphatic rings. The Labute approximate surface area is 156 Å². The summed E-state index contributed by atoms with van der Waals surface area (Å²) in [6, 6.07) is 16.1. The van der Waals surface area contributed by atoms with Gasteiger partial charge in [-0.15, -0.1) is 0 Å². The summed E-state index contributed by atoms with van der Waals surface area (Å²) in [4.78, 5) is 15.0. The van der Waals surface area contributed by atoms with Gasteiger partial charge in [0.15, 0.2) is 0 Å². The number of hydrogen-bond acceptors (Lipinski definition) is 3. The molecule has 0 N–H and O–H groups in total. The average molecular weight is 357 g/mol. The highest BCUT2D eigenvalue weighted by Crippen LogP contribution is 2.30. The van der Waals surface area contributed by atoms with Crippen LogP contribution >= 0.6 is 0 Å². The number of aryl methyl sites for hydroxylation is 1. The highest BCUT2D eigenvalue weighted by Gasteiger charge is 2.28. The summed E-state index contributed by atoms with van der Waals surface area (Å²) in [6.45, 7) is 1.21. The Morgan fingerprint density at radius 3 is 2.74 bits per heavy atom. The van der Waals surface area contributed by atoms with Crippen molar-refractivity contribution in [2.45, 2.75) is 13.0 Å². The maximum Gasteiger partial charge on any atom is 0.258 e. The Morgan fingerprint density at radius 2 is 1.89 bits per heavy atom. The van der Waals surface area contributed by atoms with Crippen molar-refractivity contribution in [3.8, 4) is 11.3 Å². The van der Waals surface area contributed by atoms with E-state index in [2.05, 4.69) is 17.2 Å². The van der Waals surface area contributed by atoms with Crippen molar-refractivity contribution in [3.05, 3.63) is 77.7 Å². The van der Waals surface area contributed by atoms with Crippen LogP contribution in [0.2, 0.25) is 0 Å². The molecule has 4 heterocycles. The van der Waals surface area contributed by atoms with Gasteiger partial charge in [-0.25, -0.2) is 4.52 Å². The second kappa shape index (κ2) is 6.09. The van der Waals surface area contributed by atoms with Crippen LogP contribution < -0.4 is 0 Å². The van der Waals surface area contributed by atoms with Crippen LogP contribution in [0.1, 0.15) is 21.6 Å². The second-order valence-electron chi connectivity index (χ2n) is 6.83. The van der Waals surface area contributed by atoms with Crippen molar-refractivity contribution >= 4 is 11.4 Å². The molecule has 4 aromatic rings. The van der Waals surface area contributed by atoms with Gasteiger partial charge in [-0.2, -0.15) is 10.2 Å². The first kappa shape index (κ1) is 15.8. The molecule has 6 heteroatoms. The van der Waals surface area contributed by atoms with Crippen molar-refractivity contribution in [1.29, 1.82) is 0 Å². The van der Waals surface area contributed by atoms with E-state index in [1.165, 1.54) is 5.56 Å². The molecular weight excluding hydrogens is 338 g/mol. The Hall–Kier alpha value is -3.41. The van der Waals surface area contributed by atoms with Crippen LogP contribution in [-0.2, 0) is 20.0 Å². The van der Waals surface area contributed by atoms with Crippen LogP contribution in [0.15, 0.2) is 60.9 Å². The molecule has 1 aromatic carbocycles. The van der Waals surface area contributed by atoms with E-state index in [-0.39, 0.29) is 5.91 Å². The van der Waals surface area contributed by atoms with Crippen molar-refractivity contribution in [1.82, 2.24) is 24.3 Å². The Balaban J connectivity index is 1.48. The standard InChI is InChI=1S/C21H19N5O/c1-24-20(15-7-3-2-4-8-15)16-10-12-25(14-18(16)23-24)21(27)17-13-22-26-11-6-5-9-19(17)26/h2-9,11,13H,10,12,14H2,1H3. The fourth-order valence-corrected chi connectivity index (χ4v) is 3.92. The SMILES string of the molecule is Cn1nc2c(c1-c1ccccc1)CCN(C(=O)c1cnn3ccccc13)C2. The smallest absolute Gasteiger partial charge is 0.258 e. The fraction of sp³-hybridized carbons (Fsp3) is 0.190. The normalized spacial score (nSPS) is 13.7. The van der Waals surface area contributed by atoms with Crippen LogP contribution in [-0.4, -0.2) is 36.7 Å². The van der Waals surface area contributed by atoms with E-state index in [4.69, 9.17) is 5.10 Å². The molecule has 5 rings (SSSR count). The van der Waals surface area contributed by atoms with Crippen LogP contribution in [0.4, 0.5) is 0 Å². The lowest BCUT2D eigenvalue weighted by atomic mass is 9.99. The molecule has 6 nitrogen and oxygen atoms in total. The lowest BCUT2D eigenvalue weighted by Gasteiger charge is -2.26. The largest absolute Gasteiger partial charge is 0.332 e. The van der Waals surface area contributed by atoms with Gasteiger partial charge >= 0.3 is 0 Å². The molecule has 1 aliphatic heterocycles. The molecule has 0 atom stereocenters. The van der Waals surface area contributed by atoms with E-state index in [1.54, 1.807) is 10.7 Å². The van der Waals surface area contributed by atoms with Gasteiger partial charge < -0.3 is 4.90 Å². The number of nitrogens with zero attached hydrogens (tertiary/aromatic N) is 5. The second-order valence-corrected chi connectivity index (χ2v) is 6.83. The number of carbonyl (C=O) groups is 1. The zero-order valence-electron chi connectivity index (χ0n) is 15.0. The molecular formula is C21H19N5O. The number of fused-ring (bicyclic) bond motifs is 2. The summed E-state index contributed by atoms with van der Waals surface area (Å²) < 4.78 is 3.67. The lowest BCUT2D eigenvalue weighted by Crippen LogP contribution is -2.35. The molecule has 0 saturated heterocycles. The van der Waals surface area contributed by atoms with E-state index < -0.39 is 0 Å². The topological polar surface area (TPSA) is 55.4 Å². The van der Waals surface area contributed by atoms with Crippen LogP contribution in [0, 0.1) is 0 Å². The molecule has 0 bridgehead atoms. The van der Waals surface area contributed by atoms with Crippen molar-refractivity contribution < 1.29 is 4.79 Å². The van der Waals surface area contributed by atoms with Crippen LogP contribution in [0.3, 0.4) is 0 Å². The number of hydrogen-bond donors (Lipinski definition) is 0. The third kappa shape index (κ3) is 2.52. The minimum atomic E-state index is 0.00811. The van der Waals surface area contributed by atoms with Crippen molar-refractivity contribution in [2.75, 3.05) is 6.54 Å². The van der Waals surface area contributed by atoms with Gasteiger partial charge in [0.1, 0.15) is 0 Å². The molecule has 3 aromatic heterocycles. The summed E-state index contributed by atoms with van der Waals surface area (Å²) in [5.74, 6) is 0.00811. The molecule has 0 saturated carbocycles. The zero-order valence-corrected chi connectivity index (χ0v) is 15.0. The Kier molecular flexibility index (Phi) is 3.57. The number of amides is 1. The first-order chi connectivity index (χ1) is 13.2. The van der Waals surface area contributed by atoms with Gasteiger partial charge in [-0.05, 0) is 18.6 Å². The molecule has 1 amide bonds. The molecule has 0 aliphatic carbocycles. The molecule has 27 heavy (non-hydrogen) atoms. The number of rotatable bonds is 2. The summed E-state index contributed by atoms with van der Waals surface area (Å²) in [5.41, 5.74) is 6.00. The van der Waals surface area contributed by atoms with E-state index >= 15 is 0 Å². The van der Waals surface area contributed by atoms with Gasteiger partial charge in [-0.1, -0.05) is 36.4 Å². The summed E-state index contributed by atoms with van der Waals surface area (Å²) >= 11 is 0. The third-order valence-corrected chi connectivity index (χ3v) is 5.19. The predicted molar refractivity (Wildman–Crippen MR) is 102 cm³/mol. The van der Waals surface area contributed by atoms with Gasteiger partial charge in [0.25, 0.3) is 5.91 Å². The molecule has 0 radical (unpaired) electrons. The zero-order chi connectivity index (χ0) is 18.4. The van der Waals surface area contributed by atoms with E-state index in [0.29, 0.717) is 18.7 Å². The highest BCUT2D eigenvalue weighted by atomic mass is 16.2. The average Bonchev–Trinajstić information content (AvgIpc) is 3.27. The van der Waals surface area contributed by atoms with Gasteiger partial charge in [-0.3, -0.25) is 9.48 Å². The van der Waals surface area contributed by atoms with Crippen LogP contribution in [0.25, 0.3) is 16.8 Å². The van der Waals surface area contributed by atoms with Crippen molar-refractivity contribution in [2.24, 2.45) is 7.05 Å². The predicted octanol–water partition coefficient (Wildman–Crippen LogP) is 2.93. The van der Waals surface area contributed by atoms with Gasteiger partial charge in [0, 0.05) is 30.9 Å². The van der Waals surface area contributed by atoms with E-state index in [0.717, 1.165) is 28.9 Å². The van der Waals surface area contributed by atoms with Crippen LogP contribution in [0.5, 0.6) is 0 Å². The van der Waals surface area contributed by atoms with Crippen molar-refractivity contribution in [3.63, 3.8) is 0 Å². The monoisotopic (exact) mass is 357 g/mol. The molecule has 134 valence electrons. The molecule has 0 fully saturated rings. The van der Waals surface area contributed by atoms with Gasteiger partial charge in [0.05, 0.1) is 35.2 Å². The minimum Gasteiger partial charge on any atom is -0.332 e. The Bertz CT molecular complexity index is 1140. The third-order valence-electron chi connectivity index (χ3n) is 5.19. The minimum absolute atomic E-state index is 0.00811. The lowest BCUT2D eigenvalue weighted by molar-refractivity contribution is 0.0734. The number of pyridine rings is 1. The number of carbonyl (C=O) groups excluding carboxylic acids is 1. The summed E-state index contributed by atoms with van der Waals surface area (Å²) in [6.07, 6.45) is 4.31. The quantitative estimate of drug-likeness (QED) is 0.554. The highest BCUT2D eigenvalue weighted by molar-refractivity contribution is 6.00. The summed E-state index contributed by atoms with van der Waals surface area (Å²) in [5, 5.41) is 8.99. The first-order valence-corrected chi connectivity index (χ1v) is 9.04. The molecule has 0 spiro atoms. The van der Waals surface area contributed by atoms with Gasteiger partial charge in [0.2, 0.25) is 0 Å². The summed E-state index contributed by atoms with van der Waals surface area (Å²) in [7, 11) is 1.97. The van der Waals surface area contributed by atoms with E-state index in [1.807, 2.05) is 59.2 Å². The number of benzene rings is 1. The maximum atomic E-state index is 13.1. The Morgan fingerprint density at radius 1 is 1.07 bits per heavy atom. The van der Waals surface area contributed by atoms with E-state index in [9.17, 15) is 4.79 Å². The molecule has 0 unspecified atom stereocenters. The fourth-order valence-electron chi connectivity index (χ4n) is 3.92.